The average Bonchev–Trinajstić information content (AvgIpc) is 2.51. The Balaban J connectivity index is 3.02. The van der Waals surface area contributed by atoms with Crippen LogP contribution in [0.15, 0.2) is 30.3 Å². The van der Waals surface area contributed by atoms with Gasteiger partial charge in [0.1, 0.15) is 0 Å². The van der Waals surface area contributed by atoms with E-state index in [0.29, 0.717) is 6.54 Å². The molecule has 0 bridgehead atoms. The van der Waals surface area contributed by atoms with E-state index >= 15 is 0 Å². The molecule has 1 atom stereocenters. The SMILES string of the molecule is CCOC(=O)C(C(=O)OCC)C(NCc1ccccc1)C(Cl)(Cl)Cl. The first-order chi connectivity index (χ1) is 11.3. The number of hydrogen-bond donors (Lipinski definition) is 1. The fraction of sp³-hybridized carbons (Fsp3) is 0.500. The third-order valence-electron chi connectivity index (χ3n) is 3.14. The third kappa shape index (κ3) is 6.48. The summed E-state index contributed by atoms with van der Waals surface area (Å²) in [4.78, 5) is 24.4. The standard InChI is InChI=1S/C16H20Cl3NO4/c1-3-23-14(21)12(15(22)24-4-2)13(16(17,18)19)20-10-11-8-6-5-7-9-11/h5-9,12-13,20H,3-4,10H2,1-2H3. The normalized spacial score (nSPS) is 12.8. The van der Waals surface area contributed by atoms with Gasteiger partial charge in [0, 0.05) is 6.54 Å². The molecule has 0 saturated carbocycles. The zero-order chi connectivity index (χ0) is 18.2. The highest BCUT2D eigenvalue weighted by molar-refractivity contribution is 6.68. The summed E-state index contributed by atoms with van der Waals surface area (Å²) in [5.74, 6) is -2.98. The van der Waals surface area contributed by atoms with Crippen molar-refractivity contribution in [1.82, 2.24) is 5.32 Å². The molecule has 1 aromatic carbocycles. The molecule has 134 valence electrons. The van der Waals surface area contributed by atoms with Gasteiger partial charge in [-0.3, -0.25) is 9.59 Å². The van der Waals surface area contributed by atoms with Gasteiger partial charge in [-0.1, -0.05) is 65.1 Å². The van der Waals surface area contributed by atoms with Crippen molar-refractivity contribution in [3.63, 3.8) is 0 Å². The molecule has 0 radical (unpaired) electrons. The van der Waals surface area contributed by atoms with Crippen LogP contribution < -0.4 is 5.32 Å². The Hall–Kier alpha value is -1.01. The molecule has 0 aliphatic rings. The summed E-state index contributed by atoms with van der Waals surface area (Å²) in [6.07, 6.45) is 0. The Morgan fingerprint density at radius 1 is 1.04 bits per heavy atom. The number of carbonyl (C=O) groups is 2. The van der Waals surface area contributed by atoms with Gasteiger partial charge >= 0.3 is 11.9 Å². The Kier molecular flexibility index (Phi) is 8.84. The highest BCUT2D eigenvalue weighted by Gasteiger charge is 2.47. The van der Waals surface area contributed by atoms with E-state index in [4.69, 9.17) is 44.3 Å². The molecule has 5 nitrogen and oxygen atoms in total. The predicted octanol–water partition coefficient (Wildman–Crippen LogP) is 3.26. The number of esters is 2. The van der Waals surface area contributed by atoms with Gasteiger partial charge in [-0.15, -0.1) is 0 Å². The molecule has 0 heterocycles. The zero-order valence-electron chi connectivity index (χ0n) is 13.4. The first kappa shape index (κ1) is 21.0. The molecule has 1 unspecified atom stereocenters. The Bertz CT molecular complexity index is 516. The van der Waals surface area contributed by atoms with Gasteiger partial charge in [0.05, 0.1) is 19.3 Å². The summed E-state index contributed by atoms with van der Waals surface area (Å²) in [7, 11) is 0. The molecule has 1 aromatic rings. The van der Waals surface area contributed by atoms with Gasteiger partial charge in [-0.25, -0.2) is 0 Å². The monoisotopic (exact) mass is 395 g/mol. The average molecular weight is 397 g/mol. The first-order valence-electron chi connectivity index (χ1n) is 7.48. The van der Waals surface area contributed by atoms with Crippen LogP contribution in [-0.2, 0) is 25.6 Å². The zero-order valence-corrected chi connectivity index (χ0v) is 15.7. The highest BCUT2D eigenvalue weighted by atomic mass is 35.6. The van der Waals surface area contributed by atoms with Crippen LogP contribution in [0.4, 0.5) is 0 Å². The van der Waals surface area contributed by atoms with E-state index in [1.807, 2.05) is 30.3 Å². The molecule has 24 heavy (non-hydrogen) atoms. The molecule has 1 rings (SSSR count). The van der Waals surface area contributed by atoms with Crippen LogP contribution in [0, 0.1) is 5.92 Å². The van der Waals surface area contributed by atoms with Crippen LogP contribution in [0.1, 0.15) is 19.4 Å². The number of carbonyl (C=O) groups excluding carboxylic acids is 2. The maximum atomic E-state index is 12.2. The van der Waals surface area contributed by atoms with Crippen LogP contribution in [0.3, 0.4) is 0 Å². The maximum absolute atomic E-state index is 12.2. The minimum atomic E-state index is -1.92. The van der Waals surface area contributed by atoms with Crippen molar-refractivity contribution in [2.24, 2.45) is 5.92 Å². The topological polar surface area (TPSA) is 64.6 Å². The van der Waals surface area contributed by atoms with E-state index < -0.39 is 27.7 Å². The number of benzene rings is 1. The minimum absolute atomic E-state index is 0.0972. The van der Waals surface area contributed by atoms with Crippen LogP contribution in [0.5, 0.6) is 0 Å². The number of halogens is 3. The number of rotatable bonds is 8. The van der Waals surface area contributed by atoms with E-state index in [1.54, 1.807) is 13.8 Å². The molecule has 0 aliphatic carbocycles. The van der Waals surface area contributed by atoms with Crippen molar-refractivity contribution in [3.8, 4) is 0 Å². The van der Waals surface area contributed by atoms with Gasteiger partial charge in [-0.05, 0) is 19.4 Å². The van der Waals surface area contributed by atoms with E-state index in [1.165, 1.54) is 0 Å². The van der Waals surface area contributed by atoms with Crippen LogP contribution in [0.2, 0.25) is 0 Å². The van der Waals surface area contributed by atoms with Crippen molar-refractivity contribution in [2.75, 3.05) is 13.2 Å². The van der Waals surface area contributed by atoms with Crippen LogP contribution >= 0.6 is 34.8 Å². The summed E-state index contributed by atoms with van der Waals surface area (Å²) >= 11 is 18.0. The van der Waals surface area contributed by atoms with E-state index in [-0.39, 0.29) is 13.2 Å². The fourth-order valence-corrected chi connectivity index (χ4v) is 2.69. The van der Waals surface area contributed by atoms with Crippen molar-refractivity contribution >= 4 is 46.7 Å². The van der Waals surface area contributed by atoms with E-state index in [9.17, 15) is 9.59 Å². The number of nitrogens with one attached hydrogen (secondary N) is 1. The fourth-order valence-electron chi connectivity index (χ4n) is 2.08. The molecule has 0 saturated heterocycles. The summed E-state index contributed by atoms with van der Waals surface area (Å²) < 4.78 is 7.97. The lowest BCUT2D eigenvalue weighted by atomic mass is 10.0. The number of ether oxygens (including phenoxy) is 2. The molecule has 0 aromatic heterocycles. The van der Waals surface area contributed by atoms with Crippen molar-refractivity contribution in [3.05, 3.63) is 35.9 Å². The second-order valence-corrected chi connectivity index (χ2v) is 7.24. The Morgan fingerprint density at radius 2 is 1.54 bits per heavy atom. The van der Waals surface area contributed by atoms with Gasteiger partial charge in [0.15, 0.2) is 5.92 Å². The van der Waals surface area contributed by atoms with Crippen molar-refractivity contribution < 1.29 is 19.1 Å². The van der Waals surface area contributed by atoms with Gasteiger partial charge in [0.2, 0.25) is 3.79 Å². The largest absolute Gasteiger partial charge is 0.465 e. The Morgan fingerprint density at radius 3 is 1.96 bits per heavy atom. The second-order valence-electron chi connectivity index (χ2n) is 4.87. The molecular weight excluding hydrogens is 377 g/mol. The molecule has 0 aliphatic heterocycles. The molecule has 8 heteroatoms. The first-order valence-corrected chi connectivity index (χ1v) is 8.61. The number of hydrogen-bond acceptors (Lipinski definition) is 5. The molecule has 0 amide bonds. The second kappa shape index (κ2) is 10.1. The van der Waals surface area contributed by atoms with Gasteiger partial charge in [0.25, 0.3) is 0 Å². The molecule has 1 N–H and O–H groups in total. The van der Waals surface area contributed by atoms with Crippen molar-refractivity contribution in [2.45, 2.75) is 30.2 Å². The predicted molar refractivity (Wildman–Crippen MR) is 94.1 cm³/mol. The van der Waals surface area contributed by atoms with Crippen molar-refractivity contribution in [1.29, 1.82) is 0 Å². The van der Waals surface area contributed by atoms with E-state index in [0.717, 1.165) is 5.56 Å². The molecule has 0 fully saturated rings. The smallest absolute Gasteiger partial charge is 0.322 e. The summed E-state index contributed by atoms with van der Waals surface area (Å²) in [6.45, 7) is 3.75. The lowest BCUT2D eigenvalue weighted by molar-refractivity contribution is -0.163. The molecule has 0 spiro atoms. The minimum Gasteiger partial charge on any atom is -0.465 e. The Labute approximate surface area is 156 Å². The quantitative estimate of drug-likeness (QED) is 0.415. The molecular formula is C16H20Cl3NO4. The van der Waals surface area contributed by atoms with Crippen LogP contribution in [0.25, 0.3) is 0 Å². The number of alkyl halides is 3. The van der Waals surface area contributed by atoms with E-state index in [2.05, 4.69) is 5.32 Å². The third-order valence-corrected chi connectivity index (χ3v) is 3.84. The lowest BCUT2D eigenvalue weighted by Crippen LogP contribution is -2.52. The van der Waals surface area contributed by atoms with Gasteiger partial charge in [-0.2, -0.15) is 0 Å². The van der Waals surface area contributed by atoms with Gasteiger partial charge < -0.3 is 14.8 Å². The summed E-state index contributed by atoms with van der Waals surface area (Å²) in [6, 6.07) is 8.21. The maximum Gasteiger partial charge on any atom is 0.322 e. The highest BCUT2D eigenvalue weighted by Crippen LogP contribution is 2.35. The van der Waals surface area contributed by atoms with Crippen LogP contribution in [-0.4, -0.2) is 35.0 Å². The lowest BCUT2D eigenvalue weighted by Gasteiger charge is -2.30. The summed E-state index contributed by atoms with van der Waals surface area (Å²) in [5, 5.41) is 2.96. The summed E-state index contributed by atoms with van der Waals surface area (Å²) in [5.41, 5.74) is 0.906.